The summed E-state index contributed by atoms with van der Waals surface area (Å²) in [7, 11) is 0. The predicted octanol–water partition coefficient (Wildman–Crippen LogP) is 3.98. The van der Waals surface area contributed by atoms with Crippen molar-refractivity contribution < 1.29 is 14.3 Å². The molecule has 0 saturated heterocycles. The van der Waals surface area contributed by atoms with Gasteiger partial charge in [0.05, 0.1) is 18.2 Å². The van der Waals surface area contributed by atoms with Gasteiger partial charge in [-0.05, 0) is 49.2 Å². The first-order chi connectivity index (χ1) is 10.8. The fourth-order valence-corrected chi connectivity index (χ4v) is 1.84. The average Bonchev–Trinajstić information content (AvgIpc) is 2.56. The van der Waals surface area contributed by atoms with Crippen LogP contribution in [0, 0.1) is 11.3 Å². The molecule has 2 aromatic carbocycles. The molecule has 0 spiro atoms. The van der Waals surface area contributed by atoms with Crippen LogP contribution in [0.5, 0.6) is 11.5 Å². The van der Waals surface area contributed by atoms with E-state index < -0.39 is 5.97 Å². The van der Waals surface area contributed by atoms with E-state index in [0.717, 1.165) is 12.8 Å². The molecule has 0 aliphatic rings. The minimum absolute atomic E-state index is 0.397. The zero-order valence-corrected chi connectivity index (χ0v) is 12.2. The largest absolute Gasteiger partial charge is 0.494 e. The van der Waals surface area contributed by atoms with Crippen molar-refractivity contribution in [2.45, 2.75) is 19.3 Å². The maximum atomic E-state index is 12.0. The molecular formula is C18H17NO3. The van der Waals surface area contributed by atoms with E-state index in [4.69, 9.17) is 14.7 Å². The Bertz CT molecular complexity index is 630. The molecule has 0 radical (unpaired) electrons. The summed E-state index contributed by atoms with van der Waals surface area (Å²) in [6.07, 6.45) is 2.22. The molecule has 0 amide bonds. The highest BCUT2D eigenvalue weighted by atomic mass is 16.5. The van der Waals surface area contributed by atoms with E-state index in [2.05, 4.69) is 6.07 Å². The first-order valence-corrected chi connectivity index (χ1v) is 7.16. The Kier molecular flexibility index (Phi) is 6.01. The van der Waals surface area contributed by atoms with Crippen molar-refractivity contribution in [3.63, 3.8) is 0 Å². The van der Waals surface area contributed by atoms with Gasteiger partial charge in [0.25, 0.3) is 0 Å². The third-order valence-electron chi connectivity index (χ3n) is 3.00. The highest BCUT2D eigenvalue weighted by Crippen LogP contribution is 2.16. The fraction of sp³-hybridized carbons (Fsp3) is 0.222. The Morgan fingerprint density at radius 1 is 0.955 bits per heavy atom. The molecule has 0 aromatic heterocycles. The molecule has 112 valence electrons. The molecular weight excluding hydrogens is 278 g/mol. The van der Waals surface area contributed by atoms with Gasteiger partial charge < -0.3 is 9.47 Å². The van der Waals surface area contributed by atoms with Crippen LogP contribution in [-0.4, -0.2) is 12.6 Å². The van der Waals surface area contributed by atoms with Crippen molar-refractivity contribution in [3.05, 3.63) is 60.2 Å². The summed E-state index contributed by atoms with van der Waals surface area (Å²) in [4.78, 5) is 12.0. The van der Waals surface area contributed by atoms with Crippen molar-refractivity contribution in [3.8, 4) is 17.6 Å². The first-order valence-electron chi connectivity index (χ1n) is 7.16. The molecule has 0 fully saturated rings. The third kappa shape index (κ3) is 4.95. The van der Waals surface area contributed by atoms with Gasteiger partial charge in [-0.3, -0.25) is 0 Å². The summed E-state index contributed by atoms with van der Waals surface area (Å²) >= 11 is 0. The minimum atomic E-state index is -0.397. The first kappa shape index (κ1) is 15.6. The number of rotatable bonds is 7. The second-order valence-corrected chi connectivity index (χ2v) is 4.69. The van der Waals surface area contributed by atoms with Crippen LogP contribution in [0.2, 0.25) is 0 Å². The van der Waals surface area contributed by atoms with Crippen molar-refractivity contribution in [1.82, 2.24) is 0 Å². The lowest BCUT2D eigenvalue weighted by atomic mass is 10.2. The Morgan fingerprint density at radius 2 is 1.68 bits per heavy atom. The lowest BCUT2D eigenvalue weighted by Gasteiger charge is -2.07. The monoisotopic (exact) mass is 295 g/mol. The number of hydrogen-bond donors (Lipinski definition) is 0. The van der Waals surface area contributed by atoms with E-state index in [9.17, 15) is 4.79 Å². The van der Waals surface area contributed by atoms with Crippen LogP contribution in [0.4, 0.5) is 0 Å². The Labute approximate surface area is 129 Å². The number of carbonyl (C=O) groups is 1. The number of nitrogens with zero attached hydrogens (tertiary/aromatic N) is 1. The zero-order chi connectivity index (χ0) is 15.6. The molecule has 0 atom stereocenters. The van der Waals surface area contributed by atoms with Crippen molar-refractivity contribution >= 4 is 5.97 Å². The van der Waals surface area contributed by atoms with Gasteiger partial charge in [-0.1, -0.05) is 18.2 Å². The van der Waals surface area contributed by atoms with Crippen LogP contribution >= 0.6 is 0 Å². The number of benzene rings is 2. The molecule has 2 rings (SSSR count). The van der Waals surface area contributed by atoms with Gasteiger partial charge in [-0.15, -0.1) is 0 Å². The standard InChI is InChI=1S/C18H17NO3/c19-13-5-2-6-14-21-16-11-9-15(10-12-16)18(20)22-17-7-3-1-4-8-17/h1,3-4,7-12H,2,5-6,14H2. The minimum Gasteiger partial charge on any atom is -0.494 e. The van der Waals surface area contributed by atoms with Gasteiger partial charge in [0.15, 0.2) is 0 Å². The highest BCUT2D eigenvalue weighted by molar-refractivity contribution is 5.91. The predicted molar refractivity (Wildman–Crippen MR) is 82.8 cm³/mol. The van der Waals surface area contributed by atoms with Crippen molar-refractivity contribution in [2.24, 2.45) is 0 Å². The van der Waals surface area contributed by atoms with E-state index >= 15 is 0 Å². The van der Waals surface area contributed by atoms with Gasteiger partial charge in [-0.2, -0.15) is 5.26 Å². The smallest absolute Gasteiger partial charge is 0.343 e. The van der Waals surface area contributed by atoms with Crippen LogP contribution in [0.25, 0.3) is 0 Å². The Balaban J connectivity index is 1.83. The lowest BCUT2D eigenvalue weighted by molar-refractivity contribution is 0.0734. The van der Waals surface area contributed by atoms with Gasteiger partial charge in [0.1, 0.15) is 11.5 Å². The highest BCUT2D eigenvalue weighted by Gasteiger charge is 2.08. The summed E-state index contributed by atoms with van der Waals surface area (Å²) in [6.45, 7) is 0.565. The molecule has 0 N–H and O–H groups in total. The number of ether oxygens (including phenoxy) is 2. The summed E-state index contributed by atoms with van der Waals surface area (Å²) < 4.78 is 10.8. The molecule has 22 heavy (non-hydrogen) atoms. The van der Waals surface area contributed by atoms with Crippen molar-refractivity contribution in [2.75, 3.05) is 6.61 Å². The lowest BCUT2D eigenvalue weighted by Crippen LogP contribution is -2.08. The van der Waals surface area contributed by atoms with E-state index in [1.165, 1.54) is 0 Å². The van der Waals surface area contributed by atoms with Crippen LogP contribution < -0.4 is 9.47 Å². The fourth-order valence-electron chi connectivity index (χ4n) is 1.84. The van der Waals surface area contributed by atoms with E-state index in [1.807, 2.05) is 18.2 Å². The quantitative estimate of drug-likeness (QED) is 0.440. The van der Waals surface area contributed by atoms with Gasteiger partial charge >= 0.3 is 5.97 Å². The van der Waals surface area contributed by atoms with E-state index in [-0.39, 0.29) is 0 Å². The molecule has 0 saturated carbocycles. The number of esters is 1. The number of hydrogen-bond acceptors (Lipinski definition) is 4. The molecule has 4 heteroatoms. The van der Waals surface area contributed by atoms with Gasteiger partial charge in [-0.25, -0.2) is 4.79 Å². The Morgan fingerprint density at radius 3 is 2.36 bits per heavy atom. The normalized spacial score (nSPS) is 9.77. The SMILES string of the molecule is N#CCCCCOc1ccc(C(=O)Oc2ccccc2)cc1. The number of para-hydroxylation sites is 1. The maximum Gasteiger partial charge on any atom is 0.343 e. The van der Waals surface area contributed by atoms with E-state index in [0.29, 0.717) is 30.1 Å². The van der Waals surface area contributed by atoms with Crippen LogP contribution in [0.3, 0.4) is 0 Å². The molecule has 2 aromatic rings. The van der Waals surface area contributed by atoms with E-state index in [1.54, 1.807) is 36.4 Å². The Hall–Kier alpha value is -2.80. The summed E-state index contributed by atoms with van der Waals surface area (Å²) in [6, 6.07) is 17.9. The van der Waals surface area contributed by atoms with Gasteiger partial charge in [0, 0.05) is 6.42 Å². The molecule has 0 aliphatic carbocycles. The van der Waals surface area contributed by atoms with Crippen molar-refractivity contribution in [1.29, 1.82) is 5.26 Å². The number of carbonyl (C=O) groups excluding carboxylic acids is 1. The molecule has 4 nitrogen and oxygen atoms in total. The van der Waals surface area contributed by atoms with Crippen LogP contribution in [0.15, 0.2) is 54.6 Å². The number of nitriles is 1. The summed E-state index contributed by atoms with van der Waals surface area (Å²) in [5.74, 6) is 0.824. The molecule has 0 aliphatic heterocycles. The van der Waals surface area contributed by atoms with Gasteiger partial charge in [0.2, 0.25) is 0 Å². The second-order valence-electron chi connectivity index (χ2n) is 4.69. The number of unbranched alkanes of at least 4 members (excludes halogenated alkanes) is 2. The topological polar surface area (TPSA) is 59.3 Å². The molecule has 0 bridgehead atoms. The molecule has 0 heterocycles. The van der Waals surface area contributed by atoms with Crippen LogP contribution in [0.1, 0.15) is 29.6 Å². The third-order valence-corrected chi connectivity index (χ3v) is 3.00. The summed E-state index contributed by atoms with van der Waals surface area (Å²) in [5.41, 5.74) is 0.473. The maximum absolute atomic E-state index is 12.0. The summed E-state index contributed by atoms with van der Waals surface area (Å²) in [5, 5.41) is 8.44. The van der Waals surface area contributed by atoms with Crippen LogP contribution in [-0.2, 0) is 0 Å². The zero-order valence-electron chi connectivity index (χ0n) is 12.2. The molecule has 0 unspecified atom stereocenters. The second kappa shape index (κ2) is 8.48. The average molecular weight is 295 g/mol.